The predicted molar refractivity (Wildman–Crippen MR) is 98.3 cm³/mol. The molecule has 1 aromatic heterocycles. The van der Waals surface area contributed by atoms with Gasteiger partial charge in [0.05, 0.1) is 12.8 Å². The SMILES string of the molecule is CCC1CCCCN1c1ccc(C(=O)Nc2ccccc2OC)nn1. The predicted octanol–water partition coefficient (Wildman–Crippen LogP) is 3.51. The zero-order valence-corrected chi connectivity index (χ0v) is 14.7. The highest BCUT2D eigenvalue weighted by Gasteiger charge is 2.22. The molecule has 3 rings (SSSR count). The zero-order valence-electron chi connectivity index (χ0n) is 14.7. The summed E-state index contributed by atoms with van der Waals surface area (Å²) in [5.74, 6) is 1.16. The fraction of sp³-hybridized carbons (Fsp3) is 0.421. The second-order valence-corrected chi connectivity index (χ2v) is 6.18. The maximum Gasteiger partial charge on any atom is 0.276 e. The van der Waals surface area contributed by atoms with Gasteiger partial charge in [0, 0.05) is 12.6 Å². The Morgan fingerprint density at radius 2 is 2.08 bits per heavy atom. The van der Waals surface area contributed by atoms with Crippen LogP contribution in [0.2, 0.25) is 0 Å². The summed E-state index contributed by atoms with van der Waals surface area (Å²) in [4.78, 5) is 14.7. The third-order valence-electron chi connectivity index (χ3n) is 4.63. The van der Waals surface area contributed by atoms with Crippen LogP contribution in [0.15, 0.2) is 36.4 Å². The molecule has 1 aliphatic rings. The highest BCUT2D eigenvalue weighted by Crippen LogP contribution is 2.25. The van der Waals surface area contributed by atoms with Gasteiger partial charge in [0.2, 0.25) is 0 Å². The Morgan fingerprint density at radius 3 is 2.80 bits per heavy atom. The lowest BCUT2D eigenvalue weighted by Crippen LogP contribution is -2.39. The average molecular weight is 340 g/mol. The number of nitrogens with one attached hydrogen (secondary N) is 1. The summed E-state index contributed by atoms with van der Waals surface area (Å²) >= 11 is 0. The average Bonchev–Trinajstić information content (AvgIpc) is 2.68. The Labute approximate surface area is 148 Å². The first-order valence-corrected chi connectivity index (χ1v) is 8.77. The number of piperidine rings is 1. The van der Waals surface area contributed by atoms with Crippen LogP contribution >= 0.6 is 0 Å². The number of amides is 1. The molecule has 1 aromatic carbocycles. The molecule has 1 fully saturated rings. The first kappa shape index (κ1) is 17.2. The van der Waals surface area contributed by atoms with Crippen LogP contribution in [0.3, 0.4) is 0 Å². The lowest BCUT2D eigenvalue weighted by Gasteiger charge is -2.35. The summed E-state index contributed by atoms with van der Waals surface area (Å²) < 4.78 is 5.25. The summed E-state index contributed by atoms with van der Waals surface area (Å²) in [6, 6.07) is 11.4. The summed E-state index contributed by atoms with van der Waals surface area (Å²) in [5.41, 5.74) is 0.905. The van der Waals surface area contributed by atoms with Gasteiger partial charge < -0.3 is 15.0 Å². The molecule has 1 N–H and O–H groups in total. The van der Waals surface area contributed by atoms with E-state index in [0.29, 0.717) is 23.2 Å². The van der Waals surface area contributed by atoms with Gasteiger partial charge in [-0.2, -0.15) is 0 Å². The molecular formula is C19H24N4O2. The Kier molecular flexibility index (Phi) is 5.48. The Balaban J connectivity index is 1.72. The van der Waals surface area contributed by atoms with E-state index in [-0.39, 0.29) is 5.91 Å². The van der Waals surface area contributed by atoms with Crippen LogP contribution in [0, 0.1) is 0 Å². The van der Waals surface area contributed by atoms with Crippen molar-refractivity contribution in [2.75, 3.05) is 23.9 Å². The van der Waals surface area contributed by atoms with Crippen molar-refractivity contribution in [1.29, 1.82) is 0 Å². The molecule has 2 aromatic rings. The van der Waals surface area contributed by atoms with Crippen LogP contribution in [-0.4, -0.2) is 35.8 Å². The van der Waals surface area contributed by atoms with E-state index in [1.54, 1.807) is 25.3 Å². The molecule has 1 aliphatic heterocycles. The van der Waals surface area contributed by atoms with Crippen molar-refractivity contribution in [3.63, 3.8) is 0 Å². The largest absolute Gasteiger partial charge is 0.495 e. The third kappa shape index (κ3) is 3.90. The summed E-state index contributed by atoms with van der Waals surface area (Å²) in [6.07, 6.45) is 4.72. The van der Waals surface area contributed by atoms with Crippen LogP contribution < -0.4 is 15.0 Å². The van der Waals surface area contributed by atoms with Crippen molar-refractivity contribution in [1.82, 2.24) is 10.2 Å². The van der Waals surface area contributed by atoms with Gasteiger partial charge in [-0.15, -0.1) is 10.2 Å². The number of carbonyl (C=O) groups excluding carboxylic acids is 1. The molecule has 0 spiro atoms. The minimum absolute atomic E-state index is 0.291. The normalized spacial score (nSPS) is 17.2. The number of aromatic nitrogens is 2. The number of anilines is 2. The molecule has 6 heteroatoms. The Hall–Kier alpha value is -2.63. The van der Waals surface area contributed by atoms with E-state index < -0.39 is 0 Å². The quantitative estimate of drug-likeness (QED) is 0.902. The van der Waals surface area contributed by atoms with Crippen molar-refractivity contribution in [2.45, 2.75) is 38.6 Å². The van der Waals surface area contributed by atoms with Crippen LogP contribution in [0.25, 0.3) is 0 Å². The molecule has 0 saturated carbocycles. The first-order chi connectivity index (χ1) is 12.2. The van der Waals surface area contributed by atoms with Crippen LogP contribution in [-0.2, 0) is 0 Å². The van der Waals surface area contributed by atoms with E-state index in [9.17, 15) is 4.79 Å². The van der Waals surface area contributed by atoms with E-state index in [1.807, 2.05) is 18.2 Å². The number of rotatable bonds is 5. The number of hydrogen-bond acceptors (Lipinski definition) is 5. The van der Waals surface area contributed by atoms with Crippen molar-refractivity contribution in [2.24, 2.45) is 0 Å². The molecule has 25 heavy (non-hydrogen) atoms. The van der Waals surface area contributed by atoms with Gasteiger partial charge in [0.1, 0.15) is 5.75 Å². The fourth-order valence-corrected chi connectivity index (χ4v) is 3.26. The third-order valence-corrected chi connectivity index (χ3v) is 4.63. The van der Waals surface area contributed by atoms with Crippen molar-refractivity contribution < 1.29 is 9.53 Å². The lowest BCUT2D eigenvalue weighted by atomic mass is 10.0. The zero-order chi connectivity index (χ0) is 17.6. The molecule has 0 radical (unpaired) electrons. The number of ether oxygens (including phenoxy) is 1. The number of hydrogen-bond donors (Lipinski definition) is 1. The lowest BCUT2D eigenvalue weighted by molar-refractivity contribution is 0.102. The second-order valence-electron chi connectivity index (χ2n) is 6.18. The minimum Gasteiger partial charge on any atom is -0.495 e. The minimum atomic E-state index is -0.297. The van der Waals surface area contributed by atoms with Crippen LogP contribution in [0.4, 0.5) is 11.5 Å². The topological polar surface area (TPSA) is 67.4 Å². The number of carbonyl (C=O) groups is 1. The van der Waals surface area contributed by atoms with E-state index >= 15 is 0 Å². The molecule has 0 aliphatic carbocycles. The van der Waals surface area contributed by atoms with Crippen LogP contribution in [0.1, 0.15) is 43.1 Å². The van der Waals surface area contributed by atoms with Gasteiger partial charge in [-0.1, -0.05) is 19.1 Å². The van der Waals surface area contributed by atoms with E-state index in [2.05, 4.69) is 27.3 Å². The van der Waals surface area contributed by atoms with Crippen molar-refractivity contribution in [3.8, 4) is 5.75 Å². The molecule has 0 bridgehead atoms. The van der Waals surface area contributed by atoms with Crippen molar-refractivity contribution >= 4 is 17.4 Å². The molecule has 1 atom stereocenters. The van der Waals surface area contributed by atoms with Gasteiger partial charge in [-0.25, -0.2) is 0 Å². The van der Waals surface area contributed by atoms with Gasteiger partial charge in [-0.05, 0) is 49.9 Å². The Morgan fingerprint density at radius 1 is 1.24 bits per heavy atom. The van der Waals surface area contributed by atoms with Gasteiger partial charge in [0.25, 0.3) is 5.91 Å². The van der Waals surface area contributed by atoms with E-state index in [0.717, 1.165) is 18.8 Å². The van der Waals surface area contributed by atoms with E-state index in [4.69, 9.17) is 4.74 Å². The van der Waals surface area contributed by atoms with Gasteiger partial charge >= 0.3 is 0 Å². The monoisotopic (exact) mass is 340 g/mol. The number of para-hydroxylation sites is 2. The van der Waals surface area contributed by atoms with Crippen LogP contribution in [0.5, 0.6) is 5.75 Å². The molecule has 132 valence electrons. The summed E-state index contributed by atoms with van der Waals surface area (Å²) in [7, 11) is 1.57. The molecule has 1 unspecified atom stereocenters. The first-order valence-electron chi connectivity index (χ1n) is 8.77. The maximum atomic E-state index is 12.4. The second kappa shape index (κ2) is 7.96. The number of benzene rings is 1. The number of methoxy groups -OCH3 is 1. The summed E-state index contributed by atoms with van der Waals surface area (Å²) in [5, 5.41) is 11.2. The molecular weight excluding hydrogens is 316 g/mol. The molecule has 1 saturated heterocycles. The highest BCUT2D eigenvalue weighted by molar-refractivity contribution is 6.03. The summed E-state index contributed by atoms with van der Waals surface area (Å²) in [6.45, 7) is 3.20. The van der Waals surface area contributed by atoms with Gasteiger partial charge in [-0.3, -0.25) is 4.79 Å². The molecule has 6 nitrogen and oxygen atoms in total. The van der Waals surface area contributed by atoms with Gasteiger partial charge in [0.15, 0.2) is 11.5 Å². The highest BCUT2D eigenvalue weighted by atomic mass is 16.5. The smallest absolute Gasteiger partial charge is 0.276 e. The van der Waals surface area contributed by atoms with Crippen molar-refractivity contribution in [3.05, 3.63) is 42.1 Å². The molecule has 1 amide bonds. The standard InChI is InChI=1S/C19H24N4O2/c1-3-14-8-6-7-13-23(14)18-12-11-16(21-22-18)19(24)20-15-9-4-5-10-17(15)25-2/h4-5,9-12,14H,3,6-8,13H2,1-2H3,(H,20,24). The Bertz CT molecular complexity index is 718. The number of nitrogens with zero attached hydrogens (tertiary/aromatic N) is 3. The maximum absolute atomic E-state index is 12.4. The van der Waals surface area contributed by atoms with E-state index in [1.165, 1.54) is 19.3 Å². The fourth-order valence-electron chi connectivity index (χ4n) is 3.26. The molecule has 2 heterocycles.